The van der Waals surface area contributed by atoms with Crippen molar-refractivity contribution in [2.45, 2.75) is 33.4 Å². The average molecular weight is 447 g/mol. The third-order valence-electron chi connectivity index (χ3n) is 5.78. The largest absolute Gasteiger partial charge is 0.335 e. The summed E-state index contributed by atoms with van der Waals surface area (Å²) in [5.74, 6) is -0.210. The molecule has 162 valence electrons. The van der Waals surface area contributed by atoms with Gasteiger partial charge in [0.25, 0.3) is 0 Å². The van der Waals surface area contributed by atoms with Gasteiger partial charge in [-0.05, 0) is 49.2 Å². The minimum absolute atomic E-state index is 0.0313. The molecule has 4 aromatic rings. The predicted molar refractivity (Wildman–Crippen MR) is 124 cm³/mol. The van der Waals surface area contributed by atoms with Crippen LogP contribution in [0.5, 0.6) is 0 Å². The molecule has 0 spiro atoms. The van der Waals surface area contributed by atoms with E-state index >= 15 is 0 Å². The lowest BCUT2D eigenvalue weighted by molar-refractivity contribution is -0.132. The van der Waals surface area contributed by atoms with Crippen molar-refractivity contribution in [3.05, 3.63) is 81.6 Å². The van der Waals surface area contributed by atoms with Crippen molar-refractivity contribution in [2.75, 3.05) is 6.54 Å². The summed E-state index contributed by atoms with van der Waals surface area (Å²) >= 11 is 1.66. The first kappa shape index (κ1) is 20.6. The number of benzene rings is 2. The lowest BCUT2D eigenvalue weighted by Gasteiger charge is -2.26. The lowest BCUT2D eigenvalue weighted by atomic mass is 10.1. The number of rotatable bonds is 4. The fraction of sp³-hybridized carbons (Fsp3) is 0.240. The molecule has 0 atom stereocenters. The molecular formula is C25H23FN4OS. The van der Waals surface area contributed by atoms with E-state index in [1.165, 1.54) is 10.9 Å². The van der Waals surface area contributed by atoms with Crippen molar-refractivity contribution in [1.82, 2.24) is 19.7 Å². The summed E-state index contributed by atoms with van der Waals surface area (Å²) in [6.07, 6.45) is 0.788. The van der Waals surface area contributed by atoms with Crippen molar-refractivity contribution >= 4 is 17.2 Å². The number of thiazole rings is 1. The van der Waals surface area contributed by atoms with E-state index in [2.05, 4.69) is 4.98 Å². The predicted octanol–water partition coefficient (Wildman–Crippen LogP) is 5.01. The Bertz CT molecular complexity index is 1290. The van der Waals surface area contributed by atoms with E-state index in [1.54, 1.807) is 35.1 Å². The second-order valence-corrected chi connectivity index (χ2v) is 9.36. The van der Waals surface area contributed by atoms with E-state index < -0.39 is 0 Å². The number of carbonyl (C=O) groups excluding carboxylic acids is 1. The van der Waals surface area contributed by atoms with Crippen LogP contribution in [-0.2, 0) is 24.3 Å². The summed E-state index contributed by atoms with van der Waals surface area (Å²) in [5.41, 5.74) is 5.08. The van der Waals surface area contributed by atoms with Crippen LogP contribution in [0.4, 0.5) is 4.39 Å². The zero-order valence-corrected chi connectivity index (χ0v) is 18.8. The first-order chi connectivity index (χ1) is 15.5. The van der Waals surface area contributed by atoms with E-state index in [4.69, 9.17) is 5.10 Å². The smallest absolute Gasteiger partial charge is 0.244 e. The normalized spacial score (nSPS) is 13.3. The van der Waals surface area contributed by atoms with Gasteiger partial charge in [-0.3, -0.25) is 9.48 Å². The monoisotopic (exact) mass is 446 g/mol. The number of carbonyl (C=O) groups is 1. The van der Waals surface area contributed by atoms with Crippen LogP contribution in [0.2, 0.25) is 0 Å². The molecule has 0 aliphatic carbocycles. The molecule has 0 fully saturated rings. The number of aryl methyl sites for hydroxylation is 2. The van der Waals surface area contributed by atoms with Gasteiger partial charge >= 0.3 is 0 Å². The van der Waals surface area contributed by atoms with Crippen LogP contribution in [-0.4, -0.2) is 32.1 Å². The Kier molecular flexibility index (Phi) is 5.35. The molecule has 1 aliphatic heterocycles. The second-order valence-electron chi connectivity index (χ2n) is 8.07. The Morgan fingerprint density at radius 2 is 1.91 bits per heavy atom. The van der Waals surface area contributed by atoms with Gasteiger partial charge in [0, 0.05) is 23.4 Å². The molecular weight excluding hydrogens is 423 g/mol. The zero-order chi connectivity index (χ0) is 22.2. The molecule has 0 saturated carbocycles. The van der Waals surface area contributed by atoms with Crippen molar-refractivity contribution in [1.29, 1.82) is 0 Å². The molecule has 1 amide bonds. The van der Waals surface area contributed by atoms with Crippen LogP contribution < -0.4 is 0 Å². The molecule has 0 bridgehead atoms. The van der Waals surface area contributed by atoms with Crippen molar-refractivity contribution in [3.8, 4) is 22.5 Å². The Labute approximate surface area is 190 Å². The van der Waals surface area contributed by atoms with Crippen LogP contribution in [0.3, 0.4) is 0 Å². The molecule has 0 unspecified atom stereocenters. The number of hydrogen-bond acceptors (Lipinski definition) is 4. The number of nitrogens with zero attached hydrogens (tertiary/aromatic N) is 4. The van der Waals surface area contributed by atoms with Gasteiger partial charge in [-0.15, -0.1) is 11.3 Å². The topological polar surface area (TPSA) is 51.0 Å². The van der Waals surface area contributed by atoms with Crippen molar-refractivity contribution in [2.24, 2.45) is 0 Å². The zero-order valence-electron chi connectivity index (χ0n) is 18.0. The highest BCUT2D eigenvalue weighted by molar-refractivity contribution is 7.11. The van der Waals surface area contributed by atoms with Gasteiger partial charge in [0.2, 0.25) is 5.91 Å². The third-order valence-corrected chi connectivity index (χ3v) is 6.78. The molecule has 0 N–H and O–H groups in total. The highest BCUT2D eigenvalue weighted by Crippen LogP contribution is 2.28. The molecule has 2 aromatic heterocycles. The number of amides is 1. The first-order valence-corrected chi connectivity index (χ1v) is 11.4. The number of halogens is 1. The van der Waals surface area contributed by atoms with Crippen LogP contribution in [0.1, 0.15) is 21.1 Å². The molecule has 7 heteroatoms. The molecule has 5 rings (SSSR count). The maximum absolute atomic E-state index is 13.8. The van der Waals surface area contributed by atoms with Gasteiger partial charge in [0.1, 0.15) is 12.4 Å². The standard InChI is InChI=1S/C25H23FN4OS/c1-16-12-19(8-9-20(16)26)22-13-23(18-6-4-3-5-7-18)30(28-22)15-25(31)29-11-10-21-24(14-29)32-17(2)27-21/h3-9,12-13H,10-11,14-15H2,1-2H3. The van der Waals surface area contributed by atoms with E-state index in [1.807, 2.05) is 48.2 Å². The molecule has 1 aliphatic rings. The maximum Gasteiger partial charge on any atom is 0.244 e. The number of fused-ring (bicyclic) bond motifs is 1. The fourth-order valence-corrected chi connectivity index (χ4v) is 5.09. The van der Waals surface area contributed by atoms with E-state index in [0.29, 0.717) is 18.7 Å². The minimum atomic E-state index is -0.241. The SMILES string of the molecule is Cc1nc2c(s1)CN(C(=O)Cn1nc(-c3ccc(F)c(C)c3)cc1-c1ccccc1)CC2. The van der Waals surface area contributed by atoms with Crippen LogP contribution in [0.15, 0.2) is 54.6 Å². The molecule has 3 heterocycles. The van der Waals surface area contributed by atoms with Gasteiger partial charge in [0.15, 0.2) is 0 Å². The van der Waals surface area contributed by atoms with Crippen molar-refractivity contribution in [3.63, 3.8) is 0 Å². The minimum Gasteiger partial charge on any atom is -0.335 e. The van der Waals surface area contributed by atoms with Crippen LogP contribution in [0.25, 0.3) is 22.5 Å². The molecule has 32 heavy (non-hydrogen) atoms. The average Bonchev–Trinajstić information content (AvgIpc) is 3.38. The van der Waals surface area contributed by atoms with E-state index in [0.717, 1.165) is 39.6 Å². The maximum atomic E-state index is 13.8. The third kappa shape index (κ3) is 3.96. The van der Waals surface area contributed by atoms with Gasteiger partial charge in [0.05, 0.1) is 28.6 Å². The Morgan fingerprint density at radius 1 is 1.09 bits per heavy atom. The first-order valence-electron chi connectivity index (χ1n) is 10.6. The number of aromatic nitrogens is 3. The fourth-order valence-electron chi connectivity index (χ4n) is 4.09. The molecule has 0 saturated heterocycles. The van der Waals surface area contributed by atoms with Gasteiger partial charge in [-0.2, -0.15) is 5.10 Å². The second kappa shape index (κ2) is 8.31. The van der Waals surface area contributed by atoms with Gasteiger partial charge in [-0.1, -0.05) is 30.3 Å². The Hall–Kier alpha value is -3.32. The Morgan fingerprint density at radius 3 is 2.69 bits per heavy atom. The summed E-state index contributed by atoms with van der Waals surface area (Å²) in [6, 6.07) is 16.8. The van der Waals surface area contributed by atoms with Crippen LogP contribution >= 0.6 is 11.3 Å². The van der Waals surface area contributed by atoms with E-state index in [9.17, 15) is 9.18 Å². The summed E-state index contributed by atoms with van der Waals surface area (Å²) in [4.78, 5) is 20.8. The molecule has 2 aromatic carbocycles. The lowest BCUT2D eigenvalue weighted by Crippen LogP contribution is -2.37. The summed E-state index contributed by atoms with van der Waals surface area (Å²) in [7, 11) is 0. The van der Waals surface area contributed by atoms with Gasteiger partial charge in [-0.25, -0.2) is 9.37 Å². The summed E-state index contributed by atoms with van der Waals surface area (Å²) in [6.45, 7) is 5.16. The highest BCUT2D eigenvalue weighted by Gasteiger charge is 2.25. The molecule has 0 radical (unpaired) electrons. The number of hydrogen-bond donors (Lipinski definition) is 0. The van der Waals surface area contributed by atoms with Crippen molar-refractivity contribution < 1.29 is 9.18 Å². The quantitative estimate of drug-likeness (QED) is 0.443. The van der Waals surface area contributed by atoms with Crippen LogP contribution in [0, 0.1) is 19.7 Å². The Balaban J connectivity index is 1.46. The van der Waals surface area contributed by atoms with Gasteiger partial charge < -0.3 is 4.90 Å². The molecule has 5 nitrogen and oxygen atoms in total. The summed E-state index contributed by atoms with van der Waals surface area (Å²) in [5, 5.41) is 5.79. The highest BCUT2D eigenvalue weighted by atomic mass is 32.1. The summed E-state index contributed by atoms with van der Waals surface area (Å²) < 4.78 is 15.5. The van der Waals surface area contributed by atoms with E-state index in [-0.39, 0.29) is 18.3 Å².